The molecule has 0 aromatic heterocycles. The predicted molar refractivity (Wildman–Crippen MR) is 95.3 cm³/mol. The van der Waals surface area contributed by atoms with Crippen LogP contribution >= 0.6 is 0 Å². The summed E-state index contributed by atoms with van der Waals surface area (Å²) in [4.78, 5) is 27.8. The van der Waals surface area contributed by atoms with E-state index in [0.29, 0.717) is 18.9 Å². The highest BCUT2D eigenvalue weighted by Crippen LogP contribution is 2.27. The minimum Gasteiger partial charge on any atom is -0.371 e. The van der Waals surface area contributed by atoms with Crippen molar-refractivity contribution in [3.05, 3.63) is 24.3 Å². The number of likely N-dealkylation sites (N-methyl/N-ethyl adjacent to an activating group) is 1. The van der Waals surface area contributed by atoms with Gasteiger partial charge in [-0.25, -0.2) is 0 Å². The number of nitrogens with zero attached hydrogens (tertiary/aromatic N) is 2. The van der Waals surface area contributed by atoms with Crippen LogP contribution in [0.5, 0.6) is 0 Å². The second-order valence-electron chi connectivity index (χ2n) is 6.65. The van der Waals surface area contributed by atoms with Gasteiger partial charge in [-0.05, 0) is 44.5 Å². The predicted octanol–water partition coefficient (Wildman–Crippen LogP) is 1.12. The lowest BCUT2D eigenvalue weighted by Gasteiger charge is -2.35. The molecule has 0 saturated carbocycles. The number of carbonyl (C=O) groups is 2. The maximum atomic E-state index is 12.1. The van der Waals surface area contributed by atoms with Gasteiger partial charge in [0.05, 0.1) is 0 Å². The van der Waals surface area contributed by atoms with Crippen LogP contribution in [0.25, 0.3) is 0 Å². The monoisotopic (exact) mass is 330 g/mol. The second kappa shape index (κ2) is 7.21. The fraction of sp³-hybridized carbons (Fsp3) is 0.556. The molecule has 24 heavy (non-hydrogen) atoms. The van der Waals surface area contributed by atoms with Crippen molar-refractivity contribution in [3.8, 4) is 0 Å². The summed E-state index contributed by atoms with van der Waals surface area (Å²) in [5, 5.41) is 5.78. The summed E-state index contributed by atoms with van der Waals surface area (Å²) in [6.07, 6.45) is 3.25. The SMILES string of the molecule is CNC1CCN(c2cccc(N(C)C3CCC(=O)NC3=O)c2)CC1. The van der Waals surface area contributed by atoms with Gasteiger partial charge in [0.1, 0.15) is 6.04 Å². The number of rotatable bonds is 4. The molecule has 2 amide bonds. The normalized spacial score (nSPS) is 22.4. The third-order valence-electron chi connectivity index (χ3n) is 5.18. The van der Waals surface area contributed by atoms with E-state index in [2.05, 4.69) is 27.7 Å². The zero-order valence-electron chi connectivity index (χ0n) is 14.4. The number of benzene rings is 1. The molecular formula is C18H26N4O2. The number of hydrogen-bond acceptors (Lipinski definition) is 5. The van der Waals surface area contributed by atoms with Crippen LogP contribution in [0.4, 0.5) is 11.4 Å². The first-order chi connectivity index (χ1) is 11.6. The molecule has 1 aromatic rings. The Labute approximate surface area is 143 Å². The minimum absolute atomic E-state index is 0.175. The highest BCUT2D eigenvalue weighted by molar-refractivity contribution is 6.01. The summed E-state index contributed by atoms with van der Waals surface area (Å²) < 4.78 is 0. The van der Waals surface area contributed by atoms with Gasteiger partial charge < -0.3 is 15.1 Å². The average Bonchev–Trinajstić information content (AvgIpc) is 2.61. The Bertz CT molecular complexity index is 611. The van der Waals surface area contributed by atoms with Crippen molar-refractivity contribution < 1.29 is 9.59 Å². The van der Waals surface area contributed by atoms with E-state index in [1.807, 2.05) is 31.1 Å². The molecule has 2 fully saturated rings. The van der Waals surface area contributed by atoms with Gasteiger partial charge >= 0.3 is 0 Å². The van der Waals surface area contributed by atoms with E-state index in [9.17, 15) is 9.59 Å². The molecule has 1 aromatic carbocycles. The quantitative estimate of drug-likeness (QED) is 0.810. The standard InChI is InChI=1S/C18H26N4O2/c1-19-13-8-10-22(11-9-13)15-5-3-4-14(12-15)21(2)16-6-7-17(23)20-18(16)24/h3-5,12-13,16,19H,6-11H2,1-2H3,(H,20,23,24). The summed E-state index contributed by atoms with van der Waals surface area (Å²) in [6.45, 7) is 2.08. The topological polar surface area (TPSA) is 64.7 Å². The largest absolute Gasteiger partial charge is 0.371 e. The molecule has 0 bridgehead atoms. The minimum atomic E-state index is -0.284. The van der Waals surface area contributed by atoms with Crippen LogP contribution < -0.4 is 20.4 Å². The van der Waals surface area contributed by atoms with Crippen molar-refractivity contribution in [3.63, 3.8) is 0 Å². The third kappa shape index (κ3) is 3.53. The van der Waals surface area contributed by atoms with Crippen LogP contribution in [0.1, 0.15) is 25.7 Å². The van der Waals surface area contributed by atoms with Crippen LogP contribution in [-0.4, -0.2) is 51.1 Å². The number of nitrogens with one attached hydrogen (secondary N) is 2. The highest BCUT2D eigenvalue weighted by atomic mass is 16.2. The maximum absolute atomic E-state index is 12.1. The number of hydrogen-bond donors (Lipinski definition) is 2. The number of piperidine rings is 2. The van der Waals surface area contributed by atoms with Crippen molar-refractivity contribution in [1.29, 1.82) is 0 Å². The summed E-state index contributed by atoms with van der Waals surface area (Å²) in [5.41, 5.74) is 2.21. The summed E-state index contributed by atoms with van der Waals surface area (Å²) >= 11 is 0. The van der Waals surface area contributed by atoms with Gasteiger partial charge in [-0.1, -0.05) is 6.07 Å². The zero-order chi connectivity index (χ0) is 17.1. The summed E-state index contributed by atoms with van der Waals surface area (Å²) in [7, 11) is 3.95. The molecule has 3 rings (SSSR count). The maximum Gasteiger partial charge on any atom is 0.249 e. The molecule has 6 heteroatoms. The van der Waals surface area contributed by atoms with E-state index in [1.54, 1.807) is 0 Å². The second-order valence-corrected chi connectivity index (χ2v) is 6.65. The number of imide groups is 1. The van der Waals surface area contributed by atoms with Crippen molar-refractivity contribution in [1.82, 2.24) is 10.6 Å². The molecule has 2 heterocycles. The first kappa shape index (κ1) is 16.8. The Morgan fingerprint density at radius 2 is 1.96 bits per heavy atom. The smallest absolute Gasteiger partial charge is 0.249 e. The molecule has 2 aliphatic heterocycles. The first-order valence-electron chi connectivity index (χ1n) is 8.67. The molecule has 0 spiro atoms. The number of carbonyl (C=O) groups excluding carboxylic acids is 2. The lowest BCUT2D eigenvalue weighted by Crippen LogP contribution is -2.51. The highest BCUT2D eigenvalue weighted by Gasteiger charge is 2.30. The van der Waals surface area contributed by atoms with E-state index in [0.717, 1.165) is 31.6 Å². The molecule has 1 unspecified atom stereocenters. The first-order valence-corrected chi connectivity index (χ1v) is 8.67. The van der Waals surface area contributed by atoms with E-state index in [1.165, 1.54) is 5.69 Å². The molecule has 2 aliphatic rings. The fourth-order valence-electron chi connectivity index (χ4n) is 3.57. The Balaban J connectivity index is 1.71. The van der Waals surface area contributed by atoms with Gasteiger partial charge in [0.15, 0.2) is 0 Å². The Hall–Kier alpha value is -2.08. The molecule has 0 radical (unpaired) electrons. The van der Waals surface area contributed by atoms with Crippen molar-refractivity contribution in [2.24, 2.45) is 0 Å². The third-order valence-corrected chi connectivity index (χ3v) is 5.18. The van der Waals surface area contributed by atoms with E-state index in [4.69, 9.17) is 0 Å². The lowest BCUT2D eigenvalue weighted by molar-refractivity contribution is -0.134. The molecule has 0 aliphatic carbocycles. The molecule has 6 nitrogen and oxygen atoms in total. The van der Waals surface area contributed by atoms with Gasteiger partial charge in [0, 0.05) is 44.0 Å². The Morgan fingerprint density at radius 1 is 1.21 bits per heavy atom. The van der Waals surface area contributed by atoms with Gasteiger partial charge in [-0.3, -0.25) is 14.9 Å². The molecule has 2 saturated heterocycles. The van der Waals surface area contributed by atoms with Crippen LogP contribution in [-0.2, 0) is 9.59 Å². The number of anilines is 2. The van der Waals surface area contributed by atoms with Gasteiger partial charge in [0.2, 0.25) is 11.8 Å². The van der Waals surface area contributed by atoms with E-state index in [-0.39, 0.29) is 17.9 Å². The van der Waals surface area contributed by atoms with E-state index >= 15 is 0 Å². The van der Waals surface area contributed by atoms with Crippen molar-refractivity contribution in [2.45, 2.75) is 37.8 Å². The lowest BCUT2D eigenvalue weighted by atomic mass is 10.0. The van der Waals surface area contributed by atoms with Gasteiger partial charge in [-0.15, -0.1) is 0 Å². The van der Waals surface area contributed by atoms with Crippen LogP contribution in [0, 0.1) is 0 Å². The Morgan fingerprint density at radius 3 is 2.62 bits per heavy atom. The van der Waals surface area contributed by atoms with Crippen LogP contribution in [0.15, 0.2) is 24.3 Å². The molecule has 130 valence electrons. The molecular weight excluding hydrogens is 304 g/mol. The Kier molecular flexibility index (Phi) is 5.04. The summed E-state index contributed by atoms with van der Waals surface area (Å²) in [5.74, 6) is -0.375. The average molecular weight is 330 g/mol. The number of amides is 2. The zero-order valence-corrected chi connectivity index (χ0v) is 14.4. The van der Waals surface area contributed by atoms with Gasteiger partial charge in [-0.2, -0.15) is 0 Å². The van der Waals surface area contributed by atoms with Crippen LogP contribution in [0.2, 0.25) is 0 Å². The fourth-order valence-corrected chi connectivity index (χ4v) is 3.57. The summed E-state index contributed by atoms with van der Waals surface area (Å²) in [6, 6.07) is 8.65. The molecule has 2 N–H and O–H groups in total. The van der Waals surface area contributed by atoms with Crippen LogP contribution in [0.3, 0.4) is 0 Å². The van der Waals surface area contributed by atoms with Crippen molar-refractivity contribution >= 4 is 23.2 Å². The van der Waals surface area contributed by atoms with E-state index < -0.39 is 0 Å². The van der Waals surface area contributed by atoms with Gasteiger partial charge in [0.25, 0.3) is 0 Å². The van der Waals surface area contributed by atoms with Crippen molar-refractivity contribution in [2.75, 3.05) is 37.0 Å². The molecule has 1 atom stereocenters.